The minimum Gasteiger partial charge on any atom is -0.357 e. The number of nitrogens with one attached hydrogen (secondary N) is 1. The van der Waals surface area contributed by atoms with Crippen LogP contribution in [0.1, 0.15) is 23.7 Å². The Bertz CT molecular complexity index is 716. The van der Waals surface area contributed by atoms with Gasteiger partial charge in [-0.1, -0.05) is 30.4 Å². The van der Waals surface area contributed by atoms with Crippen molar-refractivity contribution in [1.29, 1.82) is 0 Å². The Balaban J connectivity index is 1.75. The molecule has 1 N–H and O–H groups in total. The van der Waals surface area contributed by atoms with E-state index < -0.39 is 0 Å². The topological polar surface area (TPSA) is 37.8 Å². The molecule has 4 heteroatoms. The van der Waals surface area contributed by atoms with Crippen molar-refractivity contribution in [1.82, 2.24) is 9.97 Å². The number of thiazole rings is 1. The Morgan fingerprint density at radius 2 is 2.00 bits per heavy atom. The van der Waals surface area contributed by atoms with Gasteiger partial charge in [0.25, 0.3) is 0 Å². The Morgan fingerprint density at radius 1 is 1.15 bits per heavy atom. The molecule has 0 radical (unpaired) electrons. The van der Waals surface area contributed by atoms with Crippen LogP contribution in [0.2, 0.25) is 0 Å². The minimum atomic E-state index is 0.758. The summed E-state index contributed by atoms with van der Waals surface area (Å²) in [5.41, 5.74) is 4.64. The van der Waals surface area contributed by atoms with E-state index >= 15 is 0 Å². The fourth-order valence-corrected chi connectivity index (χ4v) is 2.97. The van der Waals surface area contributed by atoms with Crippen LogP contribution in [0.3, 0.4) is 0 Å². The van der Waals surface area contributed by atoms with E-state index in [0.29, 0.717) is 0 Å². The summed E-state index contributed by atoms with van der Waals surface area (Å²) in [4.78, 5) is 8.91. The normalized spacial score (nSPS) is 10.9. The predicted molar refractivity (Wildman–Crippen MR) is 85.3 cm³/mol. The maximum atomic E-state index is 4.61. The molecule has 0 bridgehead atoms. The number of anilines is 1. The fourth-order valence-electron chi connectivity index (χ4n) is 2.05. The highest BCUT2D eigenvalue weighted by Gasteiger charge is 2.04. The van der Waals surface area contributed by atoms with Gasteiger partial charge in [0.1, 0.15) is 0 Å². The SMILES string of the molecule is CCc1ccc2nc(NCc3ccc(C)nc3)sc2c1. The van der Waals surface area contributed by atoms with Gasteiger partial charge in [0.2, 0.25) is 0 Å². The average molecular weight is 283 g/mol. The molecular weight excluding hydrogens is 266 g/mol. The van der Waals surface area contributed by atoms with Gasteiger partial charge in [0.15, 0.2) is 5.13 Å². The van der Waals surface area contributed by atoms with Gasteiger partial charge >= 0.3 is 0 Å². The Morgan fingerprint density at radius 3 is 2.75 bits per heavy atom. The highest BCUT2D eigenvalue weighted by molar-refractivity contribution is 7.22. The molecule has 0 atom stereocenters. The largest absolute Gasteiger partial charge is 0.357 e. The number of hydrogen-bond acceptors (Lipinski definition) is 4. The number of rotatable bonds is 4. The maximum Gasteiger partial charge on any atom is 0.184 e. The molecule has 0 unspecified atom stereocenters. The lowest BCUT2D eigenvalue weighted by Crippen LogP contribution is -1.99. The van der Waals surface area contributed by atoms with Crippen molar-refractivity contribution in [2.24, 2.45) is 0 Å². The lowest BCUT2D eigenvalue weighted by atomic mass is 10.2. The summed E-state index contributed by atoms with van der Waals surface area (Å²) < 4.78 is 1.24. The van der Waals surface area contributed by atoms with Crippen LogP contribution in [0.5, 0.6) is 0 Å². The van der Waals surface area contributed by atoms with Gasteiger partial charge in [-0.05, 0) is 42.7 Å². The Labute approximate surface area is 122 Å². The van der Waals surface area contributed by atoms with Gasteiger partial charge in [0.05, 0.1) is 10.2 Å². The summed E-state index contributed by atoms with van der Waals surface area (Å²) in [7, 11) is 0. The van der Waals surface area contributed by atoms with Crippen LogP contribution in [0.25, 0.3) is 10.2 Å². The molecule has 3 rings (SSSR count). The van der Waals surface area contributed by atoms with Crippen molar-refractivity contribution in [2.75, 3.05) is 5.32 Å². The van der Waals surface area contributed by atoms with Crippen molar-refractivity contribution in [2.45, 2.75) is 26.8 Å². The summed E-state index contributed by atoms with van der Waals surface area (Å²) in [6, 6.07) is 10.6. The highest BCUT2D eigenvalue weighted by atomic mass is 32.1. The molecule has 0 aliphatic rings. The summed E-state index contributed by atoms with van der Waals surface area (Å²) in [6.07, 6.45) is 2.97. The fraction of sp³-hybridized carbons (Fsp3) is 0.250. The number of aryl methyl sites for hydroxylation is 2. The Hall–Kier alpha value is -1.94. The molecular formula is C16H17N3S. The number of nitrogens with zero attached hydrogens (tertiary/aromatic N) is 2. The first kappa shape index (κ1) is 13.1. The van der Waals surface area contributed by atoms with E-state index in [1.54, 1.807) is 11.3 Å². The molecule has 0 aliphatic heterocycles. The number of hydrogen-bond donors (Lipinski definition) is 1. The van der Waals surface area contributed by atoms with Crippen LogP contribution in [-0.4, -0.2) is 9.97 Å². The quantitative estimate of drug-likeness (QED) is 0.780. The summed E-state index contributed by atoms with van der Waals surface area (Å²) in [5.74, 6) is 0. The van der Waals surface area contributed by atoms with E-state index in [0.717, 1.165) is 29.3 Å². The van der Waals surface area contributed by atoms with Crippen LogP contribution in [0.15, 0.2) is 36.5 Å². The first-order valence-corrected chi connectivity index (χ1v) is 7.61. The van der Waals surface area contributed by atoms with Gasteiger partial charge < -0.3 is 5.32 Å². The summed E-state index contributed by atoms with van der Waals surface area (Å²) >= 11 is 1.71. The summed E-state index contributed by atoms with van der Waals surface area (Å²) in [5, 5.41) is 4.34. The van der Waals surface area contributed by atoms with Crippen LogP contribution in [0.4, 0.5) is 5.13 Å². The zero-order valence-electron chi connectivity index (χ0n) is 11.7. The molecule has 0 amide bonds. The number of benzene rings is 1. The van der Waals surface area contributed by atoms with Crippen LogP contribution >= 0.6 is 11.3 Å². The van der Waals surface area contributed by atoms with Crippen molar-refractivity contribution in [3.63, 3.8) is 0 Å². The molecule has 0 aliphatic carbocycles. The second-order valence-electron chi connectivity index (χ2n) is 4.84. The first-order valence-electron chi connectivity index (χ1n) is 6.79. The van der Waals surface area contributed by atoms with Gasteiger partial charge in [-0.15, -0.1) is 0 Å². The summed E-state index contributed by atoms with van der Waals surface area (Å²) in [6.45, 7) is 4.93. The van der Waals surface area contributed by atoms with E-state index in [1.165, 1.54) is 15.8 Å². The molecule has 0 saturated carbocycles. The predicted octanol–water partition coefficient (Wildman–Crippen LogP) is 4.17. The smallest absolute Gasteiger partial charge is 0.184 e. The molecule has 3 aromatic rings. The van der Waals surface area contributed by atoms with E-state index in [1.807, 2.05) is 19.2 Å². The molecule has 3 nitrogen and oxygen atoms in total. The molecule has 20 heavy (non-hydrogen) atoms. The molecule has 0 fully saturated rings. The van der Waals surface area contributed by atoms with Gasteiger partial charge in [-0.2, -0.15) is 0 Å². The lowest BCUT2D eigenvalue weighted by Gasteiger charge is -2.02. The second kappa shape index (κ2) is 5.59. The number of aromatic nitrogens is 2. The second-order valence-corrected chi connectivity index (χ2v) is 5.87. The van der Waals surface area contributed by atoms with E-state index in [-0.39, 0.29) is 0 Å². The lowest BCUT2D eigenvalue weighted by molar-refractivity contribution is 1.08. The van der Waals surface area contributed by atoms with Crippen LogP contribution in [0, 0.1) is 6.92 Å². The molecule has 0 saturated heterocycles. The van der Waals surface area contributed by atoms with Crippen LogP contribution < -0.4 is 5.32 Å². The van der Waals surface area contributed by atoms with Crippen molar-refractivity contribution in [3.05, 3.63) is 53.3 Å². The van der Waals surface area contributed by atoms with Crippen molar-refractivity contribution in [3.8, 4) is 0 Å². The van der Waals surface area contributed by atoms with Crippen LogP contribution in [-0.2, 0) is 13.0 Å². The van der Waals surface area contributed by atoms with Gasteiger partial charge in [-0.25, -0.2) is 4.98 Å². The molecule has 2 aromatic heterocycles. The number of pyridine rings is 1. The third-order valence-corrected chi connectivity index (χ3v) is 4.25. The molecule has 1 aromatic carbocycles. The van der Waals surface area contributed by atoms with Crippen molar-refractivity contribution < 1.29 is 0 Å². The number of fused-ring (bicyclic) bond motifs is 1. The Kier molecular flexibility index (Phi) is 3.65. The zero-order chi connectivity index (χ0) is 13.9. The van der Waals surface area contributed by atoms with Gasteiger partial charge in [-0.3, -0.25) is 4.98 Å². The first-order chi connectivity index (χ1) is 9.74. The third kappa shape index (κ3) is 2.80. The van der Waals surface area contributed by atoms with E-state index in [9.17, 15) is 0 Å². The van der Waals surface area contributed by atoms with E-state index in [4.69, 9.17) is 0 Å². The zero-order valence-corrected chi connectivity index (χ0v) is 12.5. The van der Waals surface area contributed by atoms with Crippen molar-refractivity contribution >= 4 is 26.7 Å². The molecule has 2 heterocycles. The van der Waals surface area contributed by atoms with E-state index in [2.05, 4.69) is 46.5 Å². The third-order valence-electron chi connectivity index (χ3n) is 3.28. The molecule has 102 valence electrons. The minimum absolute atomic E-state index is 0.758. The van der Waals surface area contributed by atoms with Gasteiger partial charge in [0, 0.05) is 18.4 Å². The highest BCUT2D eigenvalue weighted by Crippen LogP contribution is 2.27. The monoisotopic (exact) mass is 283 g/mol. The average Bonchev–Trinajstić information content (AvgIpc) is 2.88. The standard InChI is InChI=1S/C16H17N3S/c1-3-12-6-7-14-15(8-12)20-16(19-14)18-10-13-5-4-11(2)17-9-13/h4-9H,3,10H2,1-2H3,(H,18,19). The molecule has 0 spiro atoms. The maximum absolute atomic E-state index is 4.61.